The summed E-state index contributed by atoms with van der Waals surface area (Å²) in [7, 11) is 0. The van der Waals surface area contributed by atoms with Gasteiger partial charge in [-0.25, -0.2) is 0 Å². The van der Waals surface area contributed by atoms with E-state index in [0.29, 0.717) is 6.42 Å². The third-order valence-corrected chi connectivity index (χ3v) is 2.22. The van der Waals surface area contributed by atoms with Crippen LogP contribution in [0.5, 0.6) is 0 Å². The smallest absolute Gasteiger partial charge is 0.140 e. The molecule has 0 saturated carbocycles. The molecule has 0 aromatic heterocycles. The average molecular weight is 217 g/mol. The Morgan fingerprint density at radius 1 is 1.40 bits per heavy atom. The second-order valence-corrected chi connectivity index (χ2v) is 4.79. The van der Waals surface area contributed by atoms with Crippen molar-refractivity contribution in [3.8, 4) is 0 Å². The third-order valence-electron chi connectivity index (χ3n) is 2.22. The summed E-state index contributed by atoms with van der Waals surface area (Å²) in [5.74, 6) is 0.889. The molecule has 3 nitrogen and oxygen atoms in total. The molecule has 0 heterocycles. The third kappa shape index (κ3) is 9.88. The zero-order valence-corrected chi connectivity index (χ0v) is 10.8. The number of aliphatic hydroxyl groups is 1. The Balaban J connectivity index is 0. The van der Waals surface area contributed by atoms with E-state index in [2.05, 4.69) is 13.8 Å². The lowest BCUT2D eigenvalue weighted by molar-refractivity contribution is -0.128. The molecule has 0 aliphatic rings. The molecule has 0 amide bonds. The molecule has 15 heavy (non-hydrogen) atoms. The molecule has 92 valence electrons. The highest BCUT2D eigenvalue weighted by Crippen LogP contribution is 2.16. The van der Waals surface area contributed by atoms with Crippen molar-refractivity contribution < 1.29 is 9.90 Å². The van der Waals surface area contributed by atoms with Gasteiger partial charge in [-0.2, -0.15) is 0 Å². The topological polar surface area (TPSA) is 63.3 Å². The number of carbonyl (C=O) groups excluding carboxylic acids is 1. The van der Waals surface area contributed by atoms with Gasteiger partial charge in [-0.1, -0.05) is 34.6 Å². The van der Waals surface area contributed by atoms with Crippen molar-refractivity contribution in [1.29, 1.82) is 0 Å². The molecule has 0 aliphatic heterocycles. The highest BCUT2D eigenvalue weighted by atomic mass is 16.3. The molecule has 0 rings (SSSR count). The molecule has 3 N–H and O–H groups in total. The van der Waals surface area contributed by atoms with E-state index in [-0.39, 0.29) is 12.4 Å². The van der Waals surface area contributed by atoms with E-state index in [1.807, 2.05) is 0 Å². The molecule has 0 spiro atoms. The highest BCUT2D eigenvalue weighted by Gasteiger charge is 2.23. The minimum absolute atomic E-state index is 0.0559. The van der Waals surface area contributed by atoms with Crippen LogP contribution in [0.3, 0.4) is 0 Å². The lowest BCUT2D eigenvalue weighted by Crippen LogP contribution is -2.27. The van der Waals surface area contributed by atoms with Crippen LogP contribution in [-0.2, 0) is 4.79 Å². The van der Waals surface area contributed by atoms with Crippen LogP contribution in [0.15, 0.2) is 0 Å². The van der Waals surface area contributed by atoms with E-state index >= 15 is 0 Å². The number of hydrogen-bond donors (Lipinski definition) is 2. The van der Waals surface area contributed by atoms with Crippen molar-refractivity contribution in [3.63, 3.8) is 0 Å². The zero-order valence-electron chi connectivity index (χ0n) is 10.8. The minimum Gasteiger partial charge on any atom is -0.395 e. The van der Waals surface area contributed by atoms with Gasteiger partial charge >= 0.3 is 0 Å². The van der Waals surface area contributed by atoms with Crippen molar-refractivity contribution in [1.82, 2.24) is 0 Å². The average Bonchev–Trinajstić information content (AvgIpc) is 2.17. The molecular weight excluding hydrogens is 190 g/mol. The summed E-state index contributed by atoms with van der Waals surface area (Å²) < 4.78 is 0. The molecule has 0 saturated heterocycles. The van der Waals surface area contributed by atoms with Gasteiger partial charge < -0.3 is 10.8 Å². The summed E-state index contributed by atoms with van der Waals surface area (Å²) in [6.45, 7) is 10.4. The first kappa shape index (κ1) is 17.0. The number of nitrogens with two attached hydrogens (primary N) is 1. The Bertz CT molecular complexity index is 165. The fourth-order valence-electron chi connectivity index (χ4n) is 0.900. The number of carbonyl (C=O) groups is 1. The molecular formula is C12H27NO2. The summed E-state index contributed by atoms with van der Waals surface area (Å²) in [6, 6.07) is 0. The summed E-state index contributed by atoms with van der Waals surface area (Å²) in [4.78, 5) is 10.9. The van der Waals surface area contributed by atoms with E-state index in [0.717, 1.165) is 18.9 Å². The Morgan fingerprint density at radius 3 is 1.93 bits per heavy atom. The normalized spacial score (nSPS) is 10.9. The van der Waals surface area contributed by atoms with Crippen LogP contribution in [0.1, 0.15) is 47.5 Å². The highest BCUT2D eigenvalue weighted by molar-refractivity contribution is 5.83. The van der Waals surface area contributed by atoms with Gasteiger partial charge in [0.2, 0.25) is 0 Å². The summed E-state index contributed by atoms with van der Waals surface area (Å²) in [5.41, 5.74) is 4.70. The first-order valence-corrected chi connectivity index (χ1v) is 5.66. The standard InChI is InChI=1S/C7H14O2.C5H13N/c1-4-6(9)7(2,3)5-8;1-5(2)3-4-6/h8H,4-5H2,1-3H3;5H,3-4,6H2,1-2H3. The van der Waals surface area contributed by atoms with Gasteiger partial charge in [-0.05, 0) is 18.9 Å². The van der Waals surface area contributed by atoms with Crippen LogP contribution in [-0.4, -0.2) is 24.0 Å². The molecule has 0 aromatic carbocycles. The van der Waals surface area contributed by atoms with E-state index < -0.39 is 5.41 Å². The maximum atomic E-state index is 10.9. The van der Waals surface area contributed by atoms with E-state index in [1.165, 1.54) is 0 Å². The van der Waals surface area contributed by atoms with E-state index in [4.69, 9.17) is 10.8 Å². The fraction of sp³-hybridized carbons (Fsp3) is 0.917. The Labute approximate surface area is 94.1 Å². The van der Waals surface area contributed by atoms with E-state index in [9.17, 15) is 4.79 Å². The van der Waals surface area contributed by atoms with Crippen molar-refractivity contribution in [2.24, 2.45) is 17.1 Å². The van der Waals surface area contributed by atoms with Crippen LogP contribution >= 0.6 is 0 Å². The minimum atomic E-state index is -0.533. The van der Waals surface area contributed by atoms with Crippen LogP contribution in [0, 0.1) is 11.3 Å². The molecule has 0 fully saturated rings. The summed E-state index contributed by atoms with van der Waals surface area (Å²) in [5, 5.41) is 8.67. The quantitative estimate of drug-likeness (QED) is 0.740. The number of ketones is 1. The van der Waals surface area contributed by atoms with Crippen molar-refractivity contribution in [2.45, 2.75) is 47.5 Å². The maximum absolute atomic E-state index is 10.9. The lowest BCUT2D eigenvalue weighted by atomic mass is 9.88. The Hall–Kier alpha value is -0.410. The van der Waals surface area contributed by atoms with Crippen LogP contribution in [0.4, 0.5) is 0 Å². The molecule has 0 aromatic rings. The van der Waals surface area contributed by atoms with Crippen LogP contribution in [0.25, 0.3) is 0 Å². The number of rotatable bonds is 5. The van der Waals surface area contributed by atoms with Gasteiger partial charge in [-0.15, -0.1) is 0 Å². The fourth-order valence-corrected chi connectivity index (χ4v) is 0.900. The monoisotopic (exact) mass is 217 g/mol. The second-order valence-electron chi connectivity index (χ2n) is 4.79. The van der Waals surface area contributed by atoms with Crippen molar-refractivity contribution in [3.05, 3.63) is 0 Å². The Kier molecular flexibility index (Phi) is 10.0. The summed E-state index contributed by atoms with van der Waals surface area (Å²) >= 11 is 0. The largest absolute Gasteiger partial charge is 0.395 e. The molecule has 0 radical (unpaired) electrons. The predicted molar refractivity (Wildman–Crippen MR) is 64.7 cm³/mol. The first-order valence-electron chi connectivity index (χ1n) is 5.66. The van der Waals surface area contributed by atoms with Crippen LogP contribution in [0.2, 0.25) is 0 Å². The van der Waals surface area contributed by atoms with E-state index in [1.54, 1.807) is 20.8 Å². The van der Waals surface area contributed by atoms with Crippen molar-refractivity contribution in [2.75, 3.05) is 13.2 Å². The zero-order chi connectivity index (χ0) is 12.5. The molecule has 0 aliphatic carbocycles. The number of Topliss-reactive ketones (excluding diaryl/α,β-unsaturated/α-hetero) is 1. The SMILES string of the molecule is CC(C)CCN.CCC(=O)C(C)(C)CO. The van der Waals surface area contributed by atoms with Crippen molar-refractivity contribution >= 4 is 5.78 Å². The van der Waals surface area contributed by atoms with Gasteiger partial charge in [-0.3, -0.25) is 4.79 Å². The Morgan fingerprint density at radius 2 is 1.87 bits per heavy atom. The van der Waals surface area contributed by atoms with Gasteiger partial charge in [0.15, 0.2) is 0 Å². The molecule has 3 heteroatoms. The van der Waals surface area contributed by atoms with Gasteiger partial charge in [0, 0.05) is 11.8 Å². The van der Waals surface area contributed by atoms with Crippen LogP contribution < -0.4 is 5.73 Å². The first-order chi connectivity index (χ1) is 6.81. The molecule has 0 atom stereocenters. The summed E-state index contributed by atoms with van der Waals surface area (Å²) in [6.07, 6.45) is 1.66. The molecule has 0 unspecified atom stereocenters. The van der Waals surface area contributed by atoms with Gasteiger partial charge in [0.25, 0.3) is 0 Å². The number of hydrogen-bond acceptors (Lipinski definition) is 3. The van der Waals surface area contributed by atoms with Gasteiger partial charge in [0.1, 0.15) is 5.78 Å². The molecule has 0 bridgehead atoms. The second kappa shape index (κ2) is 8.86. The van der Waals surface area contributed by atoms with Gasteiger partial charge in [0.05, 0.1) is 6.61 Å². The number of aliphatic hydroxyl groups excluding tert-OH is 1. The maximum Gasteiger partial charge on any atom is 0.140 e. The predicted octanol–water partition coefficient (Wildman–Crippen LogP) is 1.98. The lowest BCUT2D eigenvalue weighted by Gasteiger charge is -2.17.